The number of aryl methyl sites for hydroxylation is 1. The van der Waals surface area contributed by atoms with Crippen molar-refractivity contribution in [2.45, 2.75) is 50.0 Å². The van der Waals surface area contributed by atoms with Crippen LogP contribution in [0.5, 0.6) is 0 Å². The lowest BCUT2D eigenvalue weighted by molar-refractivity contribution is -0.116. The Balaban J connectivity index is 1.83. The molecule has 1 aliphatic carbocycles. The van der Waals surface area contributed by atoms with E-state index in [4.69, 9.17) is 0 Å². The molecule has 0 aromatic heterocycles. The first kappa shape index (κ1) is 21.3. The Labute approximate surface area is 180 Å². The minimum absolute atomic E-state index is 0.137. The summed E-state index contributed by atoms with van der Waals surface area (Å²) < 4.78 is 29.1. The van der Waals surface area contributed by atoms with Gasteiger partial charge in [-0.25, -0.2) is 8.42 Å². The zero-order chi connectivity index (χ0) is 20.1. The monoisotopic (exact) mass is 512 g/mol. The SMILES string of the molecule is Cc1ccc(S(=O)(=O)N(CC(=O)Nc2ccc(I)cc2)C2CCCCC2)cc1. The van der Waals surface area contributed by atoms with Gasteiger partial charge in [-0.1, -0.05) is 37.0 Å². The van der Waals surface area contributed by atoms with Crippen molar-refractivity contribution < 1.29 is 13.2 Å². The predicted octanol–water partition coefficient (Wildman–Crippen LogP) is 4.56. The van der Waals surface area contributed by atoms with Gasteiger partial charge >= 0.3 is 0 Å². The van der Waals surface area contributed by atoms with Crippen LogP contribution in [0.15, 0.2) is 53.4 Å². The topological polar surface area (TPSA) is 66.5 Å². The van der Waals surface area contributed by atoms with Crippen molar-refractivity contribution in [3.63, 3.8) is 0 Å². The molecule has 28 heavy (non-hydrogen) atoms. The second kappa shape index (κ2) is 9.37. The zero-order valence-corrected chi connectivity index (χ0v) is 18.9. The fourth-order valence-corrected chi connectivity index (χ4v) is 5.50. The smallest absolute Gasteiger partial charge is 0.243 e. The van der Waals surface area contributed by atoms with Crippen molar-refractivity contribution in [2.24, 2.45) is 0 Å². The second-order valence-corrected chi connectivity index (χ2v) is 10.3. The molecule has 0 aliphatic heterocycles. The average Bonchev–Trinajstić information content (AvgIpc) is 2.69. The Morgan fingerprint density at radius 1 is 1.04 bits per heavy atom. The maximum absolute atomic E-state index is 13.3. The number of anilines is 1. The van der Waals surface area contributed by atoms with Crippen molar-refractivity contribution in [1.82, 2.24) is 4.31 Å². The van der Waals surface area contributed by atoms with E-state index in [2.05, 4.69) is 27.9 Å². The van der Waals surface area contributed by atoms with Crippen LogP contribution in [0, 0.1) is 10.5 Å². The number of halogens is 1. The van der Waals surface area contributed by atoms with Crippen LogP contribution in [0.4, 0.5) is 5.69 Å². The number of hydrogen-bond acceptors (Lipinski definition) is 3. The molecule has 0 atom stereocenters. The number of rotatable bonds is 6. The Bertz CT molecular complexity index is 906. The largest absolute Gasteiger partial charge is 0.325 e. The van der Waals surface area contributed by atoms with Crippen molar-refractivity contribution in [3.8, 4) is 0 Å². The van der Waals surface area contributed by atoms with E-state index in [1.807, 2.05) is 31.2 Å². The summed E-state index contributed by atoms with van der Waals surface area (Å²) in [6.07, 6.45) is 4.68. The van der Waals surface area contributed by atoms with Crippen LogP contribution >= 0.6 is 22.6 Å². The number of amides is 1. The first-order valence-electron chi connectivity index (χ1n) is 9.50. The molecule has 0 bridgehead atoms. The fourth-order valence-electron chi connectivity index (χ4n) is 3.50. The molecule has 7 heteroatoms. The molecule has 0 saturated heterocycles. The lowest BCUT2D eigenvalue weighted by Gasteiger charge is -2.33. The van der Waals surface area contributed by atoms with Gasteiger partial charge in [0.05, 0.1) is 11.4 Å². The highest BCUT2D eigenvalue weighted by Crippen LogP contribution is 2.28. The van der Waals surface area contributed by atoms with Crippen LogP contribution in [-0.4, -0.2) is 31.2 Å². The molecule has 5 nitrogen and oxygen atoms in total. The minimum Gasteiger partial charge on any atom is -0.325 e. The Morgan fingerprint density at radius 3 is 2.25 bits per heavy atom. The maximum atomic E-state index is 13.3. The average molecular weight is 512 g/mol. The number of benzene rings is 2. The lowest BCUT2D eigenvalue weighted by Crippen LogP contribution is -2.45. The molecule has 1 aliphatic rings. The molecule has 1 amide bonds. The van der Waals surface area contributed by atoms with Gasteiger partial charge in [-0.05, 0) is 78.8 Å². The van der Waals surface area contributed by atoms with Gasteiger partial charge in [-0.3, -0.25) is 4.79 Å². The molecule has 0 unspecified atom stereocenters. The van der Waals surface area contributed by atoms with Crippen molar-refractivity contribution in [2.75, 3.05) is 11.9 Å². The number of sulfonamides is 1. The van der Waals surface area contributed by atoms with Crippen molar-refractivity contribution in [3.05, 3.63) is 57.7 Å². The fraction of sp³-hybridized carbons (Fsp3) is 0.381. The van der Waals surface area contributed by atoms with Crippen LogP contribution in [0.2, 0.25) is 0 Å². The number of nitrogens with zero attached hydrogens (tertiary/aromatic N) is 1. The molecule has 1 saturated carbocycles. The molecule has 1 fully saturated rings. The Morgan fingerprint density at radius 2 is 1.64 bits per heavy atom. The molecular weight excluding hydrogens is 487 g/mol. The number of carbonyl (C=O) groups is 1. The third-order valence-corrected chi connectivity index (χ3v) is 7.67. The summed E-state index contributed by atoms with van der Waals surface area (Å²) in [5.74, 6) is -0.317. The van der Waals surface area contributed by atoms with Gasteiger partial charge in [-0.15, -0.1) is 0 Å². The summed E-state index contributed by atoms with van der Waals surface area (Å²) in [5, 5.41) is 2.82. The summed E-state index contributed by atoms with van der Waals surface area (Å²) in [4.78, 5) is 12.9. The normalized spacial score (nSPS) is 15.5. The van der Waals surface area contributed by atoms with E-state index in [0.717, 1.165) is 41.2 Å². The van der Waals surface area contributed by atoms with Gasteiger partial charge in [0.2, 0.25) is 15.9 Å². The number of carbonyl (C=O) groups excluding carboxylic acids is 1. The van der Waals surface area contributed by atoms with Crippen LogP contribution in [0.25, 0.3) is 0 Å². The Kier molecular flexibility index (Phi) is 7.11. The summed E-state index contributed by atoms with van der Waals surface area (Å²) in [7, 11) is -3.74. The Hall–Kier alpha value is -1.45. The van der Waals surface area contributed by atoms with Gasteiger partial charge in [0.25, 0.3) is 0 Å². The highest BCUT2D eigenvalue weighted by molar-refractivity contribution is 14.1. The van der Waals surface area contributed by atoms with Crippen molar-refractivity contribution in [1.29, 1.82) is 0 Å². The van der Waals surface area contributed by atoms with Gasteiger partial charge in [-0.2, -0.15) is 4.31 Å². The summed E-state index contributed by atoms with van der Waals surface area (Å²) in [6.45, 7) is 1.75. The van der Waals surface area contributed by atoms with Crippen LogP contribution in [0.3, 0.4) is 0 Å². The van der Waals surface area contributed by atoms with E-state index in [-0.39, 0.29) is 23.4 Å². The second-order valence-electron chi connectivity index (χ2n) is 7.21. The van der Waals surface area contributed by atoms with Crippen LogP contribution in [0.1, 0.15) is 37.7 Å². The molecule has 1 N–H and O–H groups in total. The molecule has 3 rings (SSSR count). The quantitative estimate of drug-likeness (QED) is 0.578. The molecule has 2 aromatic carbocycles. The molecular formula is C21H25IN2O3S. The first-order valence-corrected chi connectivity index (χ1v) is 12.0. The lowest BCUT2D eigenvalue weighted by atomic mass is 9.95. The standard InChI is InChI=1S/C21H25IN2O3S/c1-16-7-13-20(14-8-16)28(26,27)24(19-5-3-2-4-6-19)15-21(25)23-18-11-9-17(22)10-12-18/h7-14,19H,2-6,15H2,1H3,(H,23,25). The maximum Gasteiger partial charge on any atom is 0.243 e. The molecule has 0 heterocycles. The van der Waals surface area contributed by atoms with E-state index in [0.29, 0.717) is 5.69 Å². The molecule has 0 radical (unpaired) electrons. The van der Waals surface area contributed by atoms with Gasteiger partial charge in [0.15, 0.2) is 0 Å². The predicted molar refractivity (Wildman–Crippen MR) is 120 cm³/mol. The minimum atomic E-state index is -3.74. The van der Waals surface area contributed by atoms with E-state index in [1.165, 1.54) is 4.31 Å². The third-order valence-electron chi connectivity index (χ3n) is 5.04. The molecule has 150 valence electrons. The first-order chi connectivity index (χ1) is 13.4. The van der Waals surface area contributed by atoms with Gasteiger partial charge in [0.1, 0.15) is 0 Å². The highest BCUT2D eigenvalue weighted by Gasteiger charge is 2.33. The van der Waals surface area contributed by atoms with E-state index in [1.54, 1.807) is 24.3 Å². The van der Waals surface area contributed by atoms with Gasteiger partial charge < -0.3 is 5.32 Å². The summed E-state index contributed by atoms with van der Waals surface area (Å²) in [5.41, 5.74) is 1.67. The third kappa shape index (κ3) is 5.33. The van der Waals surface area contributed by atoms with Crippen LogP contribution < -0.4 is 5.32 Å². The molecule has 2 aromatic rings. The summed E-state index contributed by atoms with van der Waals surface area (Å²) >= 11 is 2.20. The summed E-state index contributed by atoms with van der Waals surface area (Å²) in [6, 6.07) is 14.1. The highest BCUT2D eigenvalue weighted by atomic mass is 127. The number of nitrogens with one attached hydrogen (secondary N) is 1. The number of hydrogen-bond donors (Lipinski definition) is 1. The van der Waals surface area contributed by atoms with Crippen LogP contribution in [-0.2, 0) is 14.8 Å². The van der Waals surface area contributed by atoms with Crippen molar-refractivity contribution >= 4 is 44.2 Å². The van der Waals surface area contributed by atoms with E-state index in [9.17, 15) is 13.2 Å². The molecule has 0 spiro atoms. The zero-order valence-electron chi connectivity index (χ0n) is 15.9. The van der Waals surface area contributed by atoms with E-state index < -0.39 is 10.0 Å². The van der Waals surface area contributed by atoms with Gasteiger partial charge in [0, 0.05) is 15.3 Å². The van der Waals surface area contributed by atoms with E-state index >= 15 is 0 Å².